The van der Waals surface area contributed by atoms with E-state index in [1.165, 1.54) is 0 Å². The van der Waals surface area contributed by atoms with Gasteiger partial charge < -0.3 is 29.4 Å². The molecule has 0 saturated carbocycles. The first-order chi connectivity index (χ1) is 22.6. The zero-order valence-corrected chi connectivity index (χ0v) is 25.0. The van der Waals surface area contributed by atoms with Crippen LogP contribution < -0.4 is 19.5 Å². The third-order valence-corrected chi connectivity index (χ3v) is 7.88. The first-order valence-corrected chi connectivity index (χ1v) is 15.0. The highest BCUT2D eigenvalue weighted by atomic mass is 16.7. The molecule has 4 aromatic carbocycles. The Kier molecular flexibility index (Phi) is 9.33. The molecule has 0 radical (unpaired) electrons. The van der Waals surface area contributed by atoms with E-state index < -0.39 is 11.6 Å². The Hall–Kier alpha value is -5.51. The zero-order valence-electron chi connectivity index (χ0n) is 25.0. The van der Waals surface area contributed by atoms with E-state index in [-0.39, 0.29) is 38.8 Å². The van der Waals surface area contributed by atoms with Gasteiger partial charge in [0, 0.05) is 36.5 Å². The normalized spacial score (nSPS) is 17.8. The summed E-state index contributed by atoms with van der Waals surface area (Å²) >= 11 is 0. The van der Waals surface area contributed by atoms with Gasteiger partial charge in [0.2, 0.25) is 12.7 Å². The Labute approximate surface area is 266 Å². The molecule has 234 valence electrons. The van der Waals surface area contributed by atoms with Crippen molar-refractivity contribution in [3.63, 3.8) is 0 Å². The summed E-state index contributed by atoms with van der Waals surface area (Å²) in [4.78, 5) is 22.6. The SMILES string of the molecule is [N-]=[N+]=NCc1ccccc1[C@H]1OC(c2ccc(OCCCO)cc2)=N[C@@]1(Cc1ccccc1)C(=O)NCc1ccc2c(c1)OCO2. The summed E-state index contributed by atoms with van der Waals surface area (Å²) in [6.45, 7) is 0.908. The van der Waals surface area contributed by atoms with E-state index >= 15 is 0 Å². The molecule has 0 bridgehead atoms. The van der Waals surface area contributed by atoms with Crippen LogP contribution in [-0.4, -0.2) is 42.5 Å². The van der Waals surface area contributed by atoms with Crippen LogP contribution in [0.25, 0.3) is 10.4 Å². The van der Waals surface area contributed by atoms with Crippen molar-refractivity contribution in [2.24, 2.45) is 10.1 Å². The van der Waals surface area contributed by atoms with Crippen LogP contribution in [0.15, 0.2) is 107 Å². The maximum atomic E-state index is 14.6. The molecule has 2 aliphatic rings. The van der Waals surface area contributed by atoms with Crippen molar-refractivity contribution in [3.8, 4) is 17.2 Å². The van der Waals surface area contributed by atoms with Crippen molar-refractivity contribution in [1.29, 1.82) is 0 Å². The van der Waals surface area contributed by atoms with E-state index in [4.69, 9.17) is 34.6 Å². The lowest BCUT2D eigenvalue weighted by Crippen LogP contribution is -2.49. The molecule has 4 aromatic rings. The summed E-state index contributed by atoms with van der Waals surface area (Å²) in [6, 6.07) is 30.0. The molecule has 11 heteroatoms. The average molecular weight is 620 g/mol. The number of amides is 1. The maximum Gasteiger partial charge on any atom is 0.252 e. The lowest BCUT2D eigenvalue weighted by atomic mass is 9.80. The lowest BCUT2D eigenvalue weighted by Gasteiger charge is -2.32. The summed E-state index contributed by atoms with van der Waals surface area (Å²) in [5, 5.41) is 16.0. The Bertz CT molecular complexity index is 1760. The molecule has 0 aliphatic carbocycles. The number of carbonyl (C=O) groups excluding carboxylic acids is 1. The molecule has 1 amide bonds. The molecular formula is C35H33N5O6. The number of benzene rings is 4. The third-order valence-electron chi connectivity index (χ3n) is 7.88. The van der Waals surface area contributed by atoms with Crippen molar-refractivity contribution in [1.82, 2.24) is 5.32 Å². The van der Waals surface area contributed by atoms with Crippen molar-refractivity contribution in [2.75, 3.05) is 20.0 Å². The minimum atomic E-state index is -1.42. The second-order valence-electron chi connectivity index (χ2n) is 10.9. The number of hydrogen-bond donors (Lipinski definition) is 2. The van der Waals surface area contributed by atoms with Gasteiger partial charge in [0.1, 0.15) is 5.75 Å². The van der Waals surface area contributed by atoms with E-state index in [0.717, 1.165) is 16.7 Å². The monoisotopic (exact) mass is 619 g/mol. The number of ether oxygens (including phenoxy) is 4. The number of rotatable bonds is 13. The van der Waals surface area contributed by atoms with Gasteiger partial charge in [0.05, 0.1) is 13.2 Å². The molecule has 2 aliphatic heterocycles. The Morgan fingerprint density at radius 3 is 2.59 bits per heavy atom. The number of aliphatic hydroxyl groups is 1. The molecule has 2 N–H and O–H groups in total. The van der Waals surface area contributed by atoms with Crippen LogP contribution in [0.3, 0.4) is 0 Å². The molecule has 46 heavy (non-hydrogen) atoms. The molecule has 0 aromatic heterocycles. The quantitative estimate of drug-likeness (QED) is 0.0836. The minimum absolute atomic E-state index is 0.0471. The second kappa shape index (κ2) is 14.1. The van der Waals surface area contributed by atoms with E-state index in [1.54, 1.807) is 12.1 Å². The van der Waals surface area contributed by atoms with Crippen LogP contribution in [0.1, 0.15) is 40.3 Å². The first kappa shape index (κ1) is 30.5. The smallest absolute Gasteiger partial charge is 0.252 e. The van der Waals surface area contributed by atoms with Gasteiger partial charge in [-0.2, -0.15) is 0 Å². The van der Waals surface area contributed by atoms with Gasteiger partial charge >= 0.3 is 0 Å². The van der Waals surface area contributed by atoms with Gasteiger partial charge in [-0.1, -0.05) is 65.8 Å². The fourth-order valence-electron chi connectivity index (χ4n) is 5.59. The largest absolute Gasteiger partial charge is 0.494 e. The molecule has 11 nitrogen and oxygen atoms in total. The van der Waals surface area contributed by atoms with E-state index in [0.29, 0.717) is 47.3 Å². The van der Waals surface area contributed by atoms with Crippen molar-refractivity contribution in [3.05, 3.63) is 135 Å². The Morgan fingerprint density at radius 2 is 1.78 bits per heavy atom. The molecule has 6 rings (SSSR count). The molecule has 0 spiro atoms. The Balaban J connectivity index is 1.40. The number of fused-ring (bicyclic) bond motifs is 1. The molecule has 0 fully saturated rings. The summed E-state index contributed by atoms with van der Waals surface area (Å²) in [7, 11) is 0. The number of hydrogen-bond acceptors (Lipinski definition) is 8. The first-order valence-electron chi connectivity index (χ1n) is 15.0. The van der Waals surface area contributed by atoms with Crippen LogP contribution in [0, 0.1) is 0 Å². The number of aliphatic imine (C=N–C) groups is 1. The Morgan fingerprint density at radius 1 is 1.00 bits per heavy atom. The average Bonchev–Trinajstić information content (AvgIpc) is 3.72. The lowest BCUT2D eigenvalue weighted by molar-refractivity contribution is -0.129. The zero-order chi connectivity index (χ0) is 31.8. The number of nitrogens with zero attached hydrogens (tertiary/aromatic N) is 4. The predicted molar refractivity (Wildman–Crippen MR) is 171 cm³/mol. The summed E-state index contributed by atoms with van der Waals surface area (Å²) < 4.78 is 23.3. The highest BCUT2D eigenvalue weighted by Gasteiger charge is 2.53. The summed E-state index contributed by atoms with van der Waals surface area (Å²) in [6.07, 6.45) is -0.0736. The van der Waals surface area contributed by atoms with Gasteiger partial charge in [-0.25, -0.2) is 4.99 Å². The van der Waals surface area contributed by atoms with Crippen LogP contribution in [0.4, 0.5) is 0 Å². The highest BCUT2D eigenvalue weighted by Crippen LogP contribution is 2.44. The number of carbonyl (C=O) groups is 1. The molecular weight excluding hydrogens is 586 g/mol. The van der Waals surface area contributed by atoms with Gasteiger partial charge in [0.15, 0.2) is 23.1 Å². The number of aliphatic hydroxyl groups excluding tert-OH is 1. The van der Waals surface area contributed by atoms with E-state index in [9.17, 15) is 4.79 Å². The van der Waals surface area contributed by atoms with E-state index in [2.05, 4.69) is 15.3 Å². The fraction of sp³-hybridized carbons (Fsp3) is 0.257. The number of nitrogens with one attached hydrogen (secondary N) is 1. The maximum absolute atomic E-state index is 14.6. The van der Waals surface area contributed by atoms with Gasteiger partial charge in [0.25, 0.3) is 5.91 Å². The van der Waals surface area contributed by atoms with Crippen LogP contribution in [0.2, 0.25) is 0 Å². The molecule has 2 atom stereocenters. The molecule has 0 saturated heterocycles. The van der Waals surface area contributed by atoms with Crippen molar-refractivity contribution < 1.29 is 28.8 Å². The molecule has 0 unspecified atom stereocenters. The summed E-state index contributed by atoms with van der Waals surface area (Å²) in [5.74, 6) is 1.92. The fourth-order valence-corrected chi connectivity index (χ4v) is 5.59. The second-order valence-corrected chi connectivity index (χ2v) is 10.9. The standard InChI is InChI=1S/C35H33N5O6/c36-40-38-22-27-9-4-5-10-29(27)32-35(20-24-7-2-1-3-8-24,34(42)37-21-25-11-16-30-31(19-25)45-23-44-30)39-33(46-32)26-12-14-28(15-13-26)43-18-6-17-41/h1-5,7-16,19,32,41H,6,17-18,20-23H2,(H,37,42)/t32-,35-/m1/s1. The van der Waals surface area contributed by atoms with Gasteiger partial charge in [-0.15, -0.1) is 0 Å². The highest BCUT2D eigenvalue weighted by molar-refractivity contribution is 6.01. The van der Waals surface area contributed by atoms with Crippen LogP contribution >= 0.6 is 0 Å². The van der Waals surface area contributed by atoms with E-state index in [1.807, 2.05) is 84.9 Å². The van der Waals surface area contributed by atoms with Gasteiger partial charge in [-0.3, -0.25) is 4.79 Å². The van der Waals surface area contributed by atoms with Crippen molar-refractivity contribution >= 4 is 11.8 Å². The van der Waals surface area contributed by atoms with Crippen molar-refractivity contribution in [2.45, 2.75) is 37.6 Å². The molecule has 2 heterocycles. The van der Waals surface area contributed by atoms with Crippen LogP contribution in [-0.2, 0) is 29.0 Å². The number of azide groups is 1. The van der Waals surface area contributed by atoms with Gasteiger partial charge in [-0.05, 0) is 64.2 Å². The van der Waals surface area contributed by atoms with Crippen LogP contribution in [0.5, 0.6) is 17.2 Å². The minimum Gasteiger partial charge on any atom is -0.494 e. The third kappa shape index (κ3) is 6.61. The topological polar surface area (TPSA) is 147 Å². The summed E-state index contributed by atoms with van der Waals surface area (Å²) in [5.41, 5.74) is 11.5. The predicted octanol–water partition coefficient (Wildman–Crippen LogP) is 5.80.